The van der Waals surface area contributed by atoms with Crippen molar-refractivity contribution in [3.8, 4) is 5.75 Å². The first kappa shape index (κ1) is 27.6. The van der Waals surface area contributed by atoms with Crippen molar-refractivity contribution in [2.24, 2.45) is 0 Å². The van der Waals surface area contributed by atoms with Crippen LogP contribution in [0, 0.1) is 3.57 Å². The molecule has 3 aromatic carbocycles. The lowest BCUT2D eigenvalue weighted by molar-refractivity contribution is -0.253. The predicted molar refractivity (Wildman–Crippen MR) is 137 cm³/mol. The summed E-state index contributed by atoms with van der Waals surface area (Å²) in [4.78, 5) is 40.7. The molecule has 0 fully saturated rings. The van der Waals surface area contributed by atoms with Gasteiger partial charge in [-0.15, -0.1) is 0 Å². The Hall–Kier alpha value is -3.39. The molecule has 1 aliphatic heterocycles. The fourth-order valence-electron chi connectivity index (χ4n) is 3.95. The second-order valence-corrected chi connectivity index (χ2v) is 9.80. The maximum atomic E-state index is 13.9. The van der Waals surface area contributed by atoms with E-state index in [0.29, 0.717) is 8.59 Å². The number of rotatable bonds is 7. The van der Waals surface area contributed by atoms with E-state index in [9.17, 15) is 37.1 Å². The number of carboxylic acids is 1. The summed E-state index contributed by atoms with van der Waals surface area (Å²) in [5.74, 6) is -3.67. The molecule has 2 atom stereocenters. The maximum Gasteiger partial charge on any atom is 0.461 e. The van der Waals surface area contributed by atoms with Crippen LogP contribution in [-0.4, -0.2) is 40.3 Å². The summed E-state index contributed by atoms with van der Waals surface area (Å²) in [5, 5.41) is 13.1. The van der Waals surface area contributed by atoms with Gasteiger partial charge in [0, 0.05) is 8.59 Å². The summed E-state index contributed by atoms with van der Waals surface area (Å²) in [7, 11) is 0. The lowest BCUT2D eigenvalue weighted by Gasteiger charge is -2.34. The highest BCUT2D eigenvalue weighted by Crippen LogP contribution is 2.39. The van der Waals surface area contributed by atoms with Crippen LogP contribution in [0.1, 0.15) is 33.6 Å². The monoisotopic (exact) mass is 662 g/mol. The van der Waals surface area contributed by atoms with Gasteiger partial charge in [-0.3, -0.25) is 9.59 Å². The number of nitrogens with one attached hydrogen (secondary N) is 1. The van der Waals surface area contributed by atoms with Crippen molar-refractivity contribution < 1.29 is 41.8 Å². The molecule has 0 saturated carbocycles. The van der Waals surface area contributed by atoms with E-state index < -0.39 is 48.2 Å². The Morgan fingerprint density at radius 1 is 1.05 bits per heavy atom. The van der Waals surface area contributed by atoms with Crippen molar-refractivity contribution in [3.63, 3.8) is 0 Å². The Labute approximate surface area is 231 Å². The summed E-state index contributed by atoms with van der Waals surface area (Å²) in [5.41, 5.74) is 0.333. The quantitative estimate of drug-likeness (QED) is 0.234. The highest BCUT2D eigenvalue weighted by Gasteiger charge is 2.45. The van der Waals surface area contributed by atoms with Crippen LogP contribution < -0.4 is 10.1 Å². The molecule has 13 heteroatoms. The van der Waals surface area contributed by atoms with Gasteiger partial charge in [0.2, 0.25) is 0 Å². The molecular weight excluding hydrogens is 647 g/mol. The lowest BCUT2D eigenvalue weighted by atomic mass is 9.97. The van der Waals surface area contributed by atoms with Crippen LogP contribution in [0.15, 0.2) is 66.7 Å². The van der Waals surface area contributed by atoms with E-state index in [2.05, 4.69) is 10.1 Å². The molecule has 0 saturated heterocycles. The lowest BCUT2D eigenvalue weighted by Crippen LogP contribution is -2.44. The zero-order valence-electron chi connectivity index (χ0n) is 18.9. The van der Waals surface area contributed by atoms with E-state index in [1.807, 2.05) is 22.6 Å². The van der Waals surface area contributed by atoms with Crippen molar-refractivity contribution in [1.29, 1.82) is 0 Å². The molecule has 0 spiro atoms. The van der Waals surface area contributed by atoms with E-state index in [4.69, 9.17) is 11.6 Å². The Morgan fingerprint density at radius 3 is 2.26 bits per heavy atom. The molecule has 0 radical (unpaired) electrons. The minimum atomic E-state index is -4.76. The average molecular weight is 663 g/mol. The molecule has 0 aliphatic carbocycles. The summed E-state index contributed by atoms with van der Waals surface area (Å²) >= 11 is 7.90. The minimum Gasteiger partial charge on any atom is -0.479 e. The molecule has 0 aromatic heterocycles. The average Bonchev–Trinajstić information content (AvgIpc) is 2.95. The molecule has 3 aromatic rings. The molecular formula is C25H16ClF4IN2O5. The van der Waals surface area contributed by atoms with Gasteiger partial charge in [0.15, 0.2) is 6.04 Å². The molecule has 198 valence electrons. The number of halogens is 6. The number of fused-ring (bicyclic) bond motifs is 1. The largest absolute Gasteiger partial charge is 0.479 e. The van der Waals surface area contributed by atoms with Gasteiger partial charge in [0.25, 0.3) is 11.8 Å². The molecule has 38 heavy (non-hydrogen) atoms. The first-order valence-corrected chi connectivity index (χ1v) is 12.2. The number of carbonyl (C=O) groups is 3. The van der Waals surface area contributed by atoms with Gasteiger partial charge in [0.05, 0.1) is 11.3 Å². The number of benzene rings is 3. The fraction of sp³-hybridized carbons (Fsp3) is 0.160. The molecule has 4 rings (SSSR count). The minimum absolute atomic E-state index is 0.0197. The molecule has 2 unspecified atom stereocenters. The van der Waals surface area contributed by atoms with E-state index in [1.54, 1.807) is 6.07 Å². The number of nitrogens with zero attached hydrogens (tertiary/aromatic N) is 1. The van der Waals surface area contributed by atoms with Crippen LogP contribution in [0.5, 0.6) is 5.75 Å². The van der Waals surface area contributed by atoms with Gasteiger partial charge >= 0.3 is 18.5 Å². The van der Waals surface area contributed by atoms with E-state index >= 15 is 0 Å². The number of amides is 2. The smallest absolute Gasteiger partial charge is 0.461 e. The van der Waals surface area contributed by atoms with Crippen LogP contribution in [0.4, 0.5) is 23.2 Å². The SMILES string of the molecule is O=C(O)C(c1ccc(Cl)cc1)N1C(=O)c2cc(I)ccc2NC(=O)C1c1ccc(OC(F)(F)C(F)F)cc1. The number of carboxylic acid groups (broad SMARTS) is 1. The zero-order valence-corrected chi connectivity index (χ0v) is 21.8. The van der Waals surface area contributed by atoms with Gasteiger partial charge < -0.3 is 20.1 Å². The second kappa shape index (κ2) is 10.8. The normalized spacial score (nSPS) is 16.5. The molecule has 0 bridgehead atoms. The van der Waals surface area contributed by atoms with E-state index in [0.717, 1.165) is 29.2 Å². The molecule has 7 nitrogen and oxygen atoms in total. The predicted octanol–water partition coefficient (Wildman–Crippen LogP) is 6.14. The van der Waals surface area contributed by atoms with Crippen LogP contribution >= 0.6 is 34.2 Å². The third-order valence-corrected chi connectivity index (χ3v) is 6.56. The second-order valence-electron chi connectivity index (χ2n) is 8.12. The fourth-order valence-corrected chi connectivity index (χ4v) is 4.57. The van der Waals surface area contributed by atoms with Gasteiger partial charge in [-0.1, -0.05) is 35.9 Å². The Bertz CT molecular complexity index is 1390. The number of alkyl halides is 4. The first-order chi connectivity index (χ1) is 17.9. The number of hydrogen-bond donors (Lipinski definition) is 2. The molecule has 1 heterocycles. The standard InChI is InChI=1S/C25H16ClF4IN2O5/c26-14-5-1-13(2-6-14)20(23(36)37)33-19(12-3-8-16(9-4-12)38-25(29,30)24(27)28)21(34)32-18-10-7-15(31)11-17(18)22(33)35/h1-11,19-20,24H,(H,32,34)(H,36,37). The van der Waals surface area contributed by atoms with Gasteiger partial charge in [-0.25, -0.2) is 4.79 Å². The number of ether oxygens (including phenoxy) is 1. The third kappa shape index (κ3) is 5.55. The van der Waals surface area contributed by atoms with Crippen LogP contribution in [-0.2, 0) is 9.59 Å². The summed E-state index contributed by atoms with van der Waals surface area (Å²) in [6.45, 7) is 0. The highest BCUT2D eigenvalue weighted by molar-refractivity contribution is 14.1. The van der Waals surface area contributed by atoms with Crippen LogP contribution in [0.25, 0.3) is 0 Å². The van der Waals surface area contributed by atoms with Crippen molar-refractivity contribution in [2.75, 3.05) is 5.32 Å². The number of carbonyl (C=O) groups excluding carboxylic acids is 2. The summed E-state index contributed by atoms with van der Waals surface area (Å²) < 4.78 is 56.5. The first-order valence-electron chi connectivity index (χ1n) is 10.8. The van der Waals surface area contributed by atoms with Crippen molar-refractivity contribution in [3.05, 3.63) is 92.0 Å². The summed E-state index contributed by atoms with van der Waals surface area (Å²) in [6.07, 6.45) is -8.84. The summed E-state index contributed by atoms with van der Waals surface area (Å²) in [6, 6.07) is 11.1. The van der Waals surface area contributed by atoms with E-state index in [-0.39, 0.29) is 22.4 Å². The van der Waals surface area contributed by atoms with Crippen molar-refractivity contribution >= 4 is 57.7 Å². The molecule has 2 amide bonds. The van der Waals surface area contributed by atoms with Crippen molar-refractivity contribution in [2.45, 2.75) is 24.6 Å². The highest BCUT2D eigenvalue weighted by atomic mass is 127. The van der Waals surface area contributed by atoms with Crippen LogP contribution in [0.3, 0.4) is 0 Å². The molecule has 2 N–H and O–H groups in total. The Balaban J connectivity index is 1.85. The van der Waals surface area contributed by atoms with Gasteiger partial charge in [-0.05, 0) is 76.2 Å². The van der Waals surface area contributed by atoms with Crippen LogP contribution in [0.2, 0.25) is 5.02 Å². The van der Waals surface area contributed by atoms with Gasteiger partial charge in [-0.2, -0.15) is 17.6 Å². The Morgan fingerprint density at radius 2 is 1.68 bits per heavy atom. The van der Waals surface area contributed by atoms with Crippen molar-refractivity contribution in [1.82, 2.24) is 4.90 Å². The van der Waals surface area contributed by atoms with Gasteiger partial charge in [0.1, 0.15) is 11.8 Å². The number of aliphatic carboxylic acids is 1. The maximum absolute atomic E-state index is 13.9. The topological polar surface area (TPSA) is 95.9 Å². The van der Waals surface area contributed by atoms with E-state index in [1.165, 1.54) is 36.4 Å². The number of anilines is 1. The Kier molecular flexibility index (Phi) is 7.83. The third-order valence-electron chi connectivity index (χ3n) is 5.63. The molecule has 1 aliphatic rings. The number of hydrogen-bond acceptors (Lipinski definition) is 4. The zero-order chi connectivity index (χ0) is 27.8.